The third-order valence-corrected chi connectivity index (χ3v) is 4.84. The molecule has 0 aliphatic carbocycles. The van der Waals surface area contributed by atoms with Crippen molar-refractivity contribution in [3.05, 3.63) is 0 Å². The van der Waals surface area contributed by atoms with E-state index in [9.17, 15) is 0 Å². The molecular formula is C15H31N3O. The van der Waals surface area contributed by atoms with Crippen molar-refractivity contribution in [1.29, 1.82) is 0 Å². The lowest BCUT2D eigenvalue weighted by molar-refractivity contribution is 0.0762. The van der Waals surface area contributed by atoms with Crippen molar-refractivity contribution < 1.29 is 5.11 Å². The van der Waals surface area contributed by atoms with Gasteiger partial charge in [-0.1, -0.05) is 6.92 Å². The third-order valence-electron chi connectivity index (χ3n) is 4.84. The number of aliphatic hydroxyl groups excluding tert-OH is 1. The van der Waals surface area contributed by atoms with Gasteiger partial charge in [-0.25, -0.2) is 0 Å². The Kier molecular flexibility index (Phi) is 6.07. The molecule has 4 heteroatoms. The number of likely N-dealkylation sites (N-methyl/N-ethyl adjacent to an activating group) is 1. The summed E-state index contributed by atoms with van der Waals surface area (Å²) < 4.78 is 0. The molecule has 0 amide bonds. The van der Waals surface area contributed by atoms with Gasteiger partial charge in [-0.15, -0.1) is 0 Å². The molecule has 0 aromatic carbocycles. The van der Waals surface area contributed by atoms with E-state index in [-0.39, 0.29) is 6.61 Å². The van der Waals surface area contributed by atoms with Crippen molar-refractivity contribution in [3.63, 3.8) is 0 Å². The van der Waals surface area contributed by atoms with Gasteiger partial charge in [-0.2, -0.15) is 0 Å². The zero-order valence-electron chi connectivity index (χ0n) is 12.6. The Morgan fingerprint density at radius 2 is 2.21 bits per heavy atom. The first-order chi connectivity index (χ1) is 9.20. The highest BCUT2D eigenvalue weighted by Gasteiger charge is 2.30. The smallest absolute Gasteiger partial charge is 0.0558 e. The van der Waals surface area contributed by atoms with E-state index >= 15 is 0 Å². The third kappa shape index (κ3) is 4.42. The molecule has 2 rings (SSSR count). The first-order valence-electron chi connectivity index (χ1n) is 7.95. The minimum Gasteiger partial charge on any atom is -0.395 e. The molecule has 2 fully saturated rings. The molecule has 2 heterocycles. The molecule has 0 saturated carbocycles. The van der Waals surface area contributed by atoms with Crippen LogP contribution in [0.5, 0.6) is 0 Å². The SMILES string of the molecule is CC1CCCN(CC2CCNCC2N(C)CCO)C1. The van der Waals surface area contributed by atoms with E-state index in [1.54, 1.807) is 0 Å². The van der Waals surface area contributed by atoms with Crippen molar-refractivity contribution in [2.45, 2.75) is 32.2 Å². The number of nitrogens with zero attached hydrogens (tertiary/aromatic N) is 2. The van der Waals surface area contributed by atoms with Crippen LogP contribution in [0.1, 0.15) is 26.2 Å². The van der Waals surface area contributed by atoms with Crippen LogP contribution in [-0.4, -0.2) is 73.9 Å². The van der Waals surface area contributed by atoms with E-state index in [0.717, 1.165) is 31.5 Å². The van der Waals surface area contributed by atoms with Crippen LogP contribution in [-0.2, 0) is 0 Å². The van der Waals surface area contributed by atoms with Gasteiger partial charge in [0.05, 0.1) is 6.61 Å². The molecule has 19 heavy (non-hydrogen) atoms. The van der Waals surface area contributed by atoms with E-state index in [4.69, 9.17) is 5.11 Å². The number of rotatable bonds is 5. The minimum absolute atomic E-state index is 0.264. The summed E-state index contributed by atoms with van der Waals surface area (Å²) in [6, 6.07) is 0.582. The lowest BCUT2D eigenvalue weighted by Gasteiger charge is -2.42. The monoisotopic (exact) mass is 269 g/mol. The van der Waals surface area contributed by atoms with Crippen LogP contribution in [0.25, 0.3) is 0 Å². The maximum Gasteiger partial charge on any atom is 0.0558 e. The van der Waals surface area contributed by atoms with E-state index in [0.29, 0.717) is 6.04 Å². The molecule has 4 nitrogen and oxygen atoms in total. The molecule has 2 aliphatic rings. The van der Waals surface area contributed by atoms with E-state index in [1.807, 2.05) is 0 Å². The Hall–Kier alpha value is -0.160. The zero-order valence-corrected chi connectivity index (χ0v) is 12.6. The van der Waals surface area contributed by atoms with Gasteiger partial charge in [-0.3, -0.25) is 4.90 Å². The van der Waals surface area contributed by atoms with Gasteiger partial charge in [0.15, 0.2) is 0 Å². The van der Waals surface area contributed by atoms with Gasteiger partial charge < -0.3 is 15.3 Å². The van der Waals surface area contributed by atoms with Crippen molar-refractivity contribution in [3.8, 4) is 0 Å². The lowest BCUT2D eigenvalue weighted by Crippen LogP contribution is -2.54. The highest BCUT2D eigenvalue weighted by atomic mass is 16.3. The lowest BCUT2D eigenvalue weighted by atomic mass is 9.89. The van der Waals surface area contributed by atoms with Gasteiger partial charge in [0.2, 0.25) is 0 Å². The minimum atomic E-state index is 0.264. The average Bonchev–Trinajstić information content (AvgIpc) is 2.39. The van der Waals surface area contributed by atoms with Crippen LogP contribution in [0.15, 0.2) is 0 Å². The summed E-state index contributed by atoms with van der Waals surface area (Å²) in [5.41, 5.74) is 0. The fourth-order valence-corrected chi connectivity index (χ4v) is 3.73. The van der Waals surface area contributed by atoms with Crippen molar-refractivity contribution in [1.82, 2.24) is 15.1 Å². The Morgan fingerprint density at radius 3 is 2.95 bits per heavy atom. The number of hydrogen-bond donors (Lipinski definition) is 2. The standard InChI is InChI=1S/C15H31N3O/c1-13-4-3-7-18(11-13)12-14-5-6-16-10-15(14)17(2)8-9-19/h13-16,19H,3-12H2,1-2H3. The maximum atomic E-state index is 9.14. The predicted octanol–water partition coefficient (Wildman–Crippen LogP) is 0.621. The van der Waals surface area contributed by atoms with Crippen LogP contribution in [0.4, 0.5) is 0 Å². The second kappa shape index (κ2) is 7.58. The van der Waals surface area contributed by atoms with Crippen molar-refractivity contribution >= 4 is 0 Å². The summed E-state index contributed by atoms with van der Waals surface area (Å²) in [6.07, 6.45) is 4.03. The summed E-state index contributed by atoms with van der Waals surface area (Å²) in [5, 5.41) is 12.6. The molecule has 3 unspecified atom stereocenters. The number of hydrogen-bond acceptors (Lipinski definition) is 4. The van der Waals surface area contributed by atoms with E-state index in [1.165, 1.54) is 38.9 Å². The van der Waals surface area contributed by atoms with Crippen LogP contribution in [0.3, 0.4) is 0 Å². The number of likely N-dealkylation sites (tertiary alicyclic amines) is 1. The highest BCUT2D eigenvalue weighted by Crippen LogP contribution is 2.22. The van der Waals surface area contributed by atoms with E-state index < -0.39 is 0 Å². The summed E-state index contributed by atoms with van der Waals surface area (Å²) in [4.78, 5) is 5.01. The van der Waals surface area contributed by atoms with Crippen molar-refractivity contribution in [2.24, 2.45) is 11.8 Å². The first kappa shape index (κ1) is 15.2. The van der Waals surface area contributed by atoms with Crippen LogP contribution >= 0.6 is 0 Å². The summed E-state index contributed by atoms with van der Waals surface area (Å²) >= 11 is 0. The highest BCUT2D eigenvalue weighted by molar-refractivity contribution is 4.87. The molecule has 2 N–H and O–H groups in total. The Labute approximate surface area is 118 Å². The fraction of sp³-hybridized carbons (Fsp3) is 1.00. The summed E-state index contributed by atoms with van der Waals surface area (Å²) in [5.74, 6) is 1.62. The van der Waals surface area contributed by atoms with Gasteiger partial charge in [0.25, 0.3) is 0 Å². The van der Waals surface area contributed by atoms with Crippen molar-refractivity contribution in [2.75, 3.05) is 52.9 Å². The van der Waals surface area contributed by atoms with Gasteiger partial charge >= 0.3 is 0 Å². The molecular weight excluding hydrogens is 238 g/mol. The van der Waals surface area contributed by atoms with Crippen LogP contribution < -0.4 is 5.32 Å². The topological polar surface area (TPSA) is 38.7 Å². The molecule has 0 radical (unpaired) electrons. The fourth-order valence-electron chi connectivity index (χ4n) is 3.73. The molecule has 3 atom stereocenters. The molecule has 0 aromatic rings. The predicted molar refractivity (Wildman–Crippen MR) is 79.3 cm³/mol. The quantitative estimate of drug-likeness (QED) is 0.767. The molecule has 2 aliphatic heterocycles. The molecule has 2 saturated heterocycles. The number of nitrogens with one attached hydrogen (secondary N) is 1. The number of piperidine rings is 2. The second-order valence-corrected chi connectivity index (χ2v) is 6.53. The normalized spacial score (nSPS) is 33.8. The van der Waals surface area contributed by atoms with Gasteiger partial charge in [-0.05, 0) is 51.2 Å². The summed E-state index contributed by atoms with van der Waals surface area (Å²) in [7, 11) is 2.15. The molecule has 0 bridgehead atoms. The Morgan fingerprint density at radius 1 is 1.37 bits per heavy atom. The van der Waals surface area contributed by atoms with Gasteiger partial charge in [0.1, 0.15) is 0 Å². The average molecular weight is 269 g/mol. The first-order valence-corrected chi connectivity index (χ1v) is 7.95. The second-order valence-electron chi connectivity index (χ2n) is 6.53. The largest absolute Gasteiger partial charge is 0.395 e. The van der Waals surface area contributed by atoms with Crippen LogP contribution in [0, 0.1) is 11.8 Å². The Balaban J connectivity index is 1.87. The van der Waals surface area contributed by atoms with Crippen LogP contribution in [0.2, 0.25) is 0 Å². The molecule has 0 spiro atoms. The zero-order chi connectivity index (χ0) is 13.7. The Bertz CT molecular complexity index is 262. The molecule has 112 valence electrons. The van der Waals surface area contributed by atoms with E-state index in [2.05, 4.69) is 29.1 Å². The summed E-state index contributed by atoms with van der Waals surface area (Å²) in [6.45, 7) is 9.46. The van der Waals surface area contributed by atoms with Gasteiger partial charge in [0, 0.05) is 32.2 Å². The number of aliphatic hydroxyl groups is 1. The molecule has 0 aromatic heterocycles. The maximum absolute atomic E-state index is 9.14.